The monoisotopic (exact) mass is 410 g/mol. The van der Waals surface area contributed by atoms with E-state index >= 15 is 0 Å². The summed E-state index contributed by atoms with van der Waals surface area (Å²) >= 11 is 0. The number of phenolic OH excluding ortho intramolecular Hbond substituents is 1. The molecular weight excluding hydrogens is 397 g/mol. The van der Waals surface area contributed by atoms with Gasteiger partial charge >= 0.3 is 15.6 Å². The topological polar surface area (TPSA) is 83.8 Å². The fourth-order valence-corrected chi connectivity index (χ4v) is 4.20. The molecule has 2 N–H and O–H groups in total. The minimum absolute atomic E-state index is 0.0484. The molecule has 2 aromatic rings. The van der Waals surface area contributed by atoms with E-state index in [0.29, 0.717) is 22.3 Å². The largest absolute Gasteiger partial charge is 0.534 e. The van der Waals surface area contributed by atoms with Crippen LogP contribution in [0.5, 0.6) is 11.5 Å². The van der Waals surface area contributed by atoms with E-state index < -0.39 is 26.8 Å². The molecule has 1 unspecified atom stereocenters. The molecule has 9 heteroatoms. The van der Waals surface area contributed by atoms with Gasteiger partial charge in [0.15, 0.2) is 0 Å². The van der Waals surface area contributed by atoms with Crippen molar-refractivity contribution in [2.45, 2.75) is 17.8 Å². The molecule has 28 heavy (non-hydrogen) atoms. The van der Waals surface area contributed by atoms with E-state index in [1.807, 2.05) is 0 Å². The summed E-state index contributed by atoms with van der Waals surface area (Å²) in [5.74, 6) is -0.603. The van der Waals surface area contributed by atoms with Crippen molar-refractivity contribution in [2.75, 3.05) is 0 Å². The average molecular weight is 410 g/mol. The predicted molar refractivity (Wildman–Crippen MR) is 95.2 cm³/mol. The molecule has 2 aliphatic rings. The Morgan fingerprint density at radius 1 is 0.964 bits per heavy atom. The van der Waals surface area contributed by atoms with Crippen molar-refractivity contribution < 1.29 is 36.0 Å². The maximum absolute atomic E-state index is 12.6. The maximum Gasteiger partial charge on any atom is 0.534 e. The zero-order chi connectivity index (χ0) is 20.5. The smallest absolute Gasteiger partial charge is 0.508 e. The highest BCUT2D eigenvalue weighted by Gasteiger charge is 2.49. The lowest BCUT2D eigenvalue weighted by atomic mass is 9.78. The van der Waals surface area contributed by atoms with Gasteiger partial charge in [0, 0.05) is 5.56 Å². The van der Waals surface area contributed by atoms with Crippen molar-refractivity contribution >= 4 is 21.5 Å². The van der Waals surface area contributed by atoms with Crippen LogP contribution in [-0.4, -0.2) is 24.1 Å². The molecule has 2 aliphatic carbocycles. The number of rotatable bonds is 2. The summed E-state index contributed by atoms with van der Waals surface area (Å²) in [5, 5.41) is 20.2. The quantitative estimate of drug-likeness (QED) is 0.572. The van der Waals surface area contributed by atoms with Crippen LogP contribution in [-0.2, 0) is 15.5 Å². The van der Waals surface area contributed by atoms with Gasteiger partial charge in [-0.15, -0.1) is 0 Å². The van der Waals surface area contributed by atoms with Crippen molar-refractivity contribution in [3.63, 3.8) is 0 Å². The molecule has 0 amide bonds. The fraction of sp³-hybridized carbons (Fsp3) is 0.158. The molecule has 0 heterocycles. The second-order valence-corrected chi connectivity index (χ2v) is 8.18. The van der Waals surface area contributed by atoms with Gasteiger partial charge in [0.05, 0.1) is 5.41 Å². The van der Waals surface area contributed by atoms with Gasteiger partial charge in [-0.1, -0.05) is 12.1 Å². The Morgan fingerprint density at radius 3 is 2.29 bits per heavy atom. The molecule has 0 bridgehead atoms. The van der Waals surface area contributed by atoms with Crippen molar-refractivity contribution in [2.24, 2.45) is 0 Å². The highest BCUT2D eigenvalue weighted by atomic mass is 32.2. The highest BCUT2D eigenvalue weighted by molar-refractivity contribution is 7.88. The number of aromatic hydroxyl groups is 1. The fourth-order valence-electron chi connectivity index (χ4n) is 3.74. The normalized spacial score (nSPS) is 20.6. The van der Waals surface area contributed by atoms with E-state index in [2.05, 4.69) is 4.18 Å². The number of allylic oxidation sites excluding steroid dienone is 3. The van der Waals surface area contributed by atoms with Crippen LogP contribution in [0.1, 0.15) is 29.2 Å². The second kappa shape index (κ2) is 5.54. The summed E-state index contributed by atoms with van der Waals surface area (Å²) in [6.07, 6.45) is 3.30. The van der Waals surface area contributed by atoms with Crippen LogP contribution in [0.2, 0.25) is 0 Å². The minimum Gasteiger partial charge on any atom is -0.508 e. The summed E-state index contributed by atoms with van der Waals surface area (Å²) in [4.78, 5) is 0. The van der Waals surface area contributed by atoms with Gasteiger partial charge in [-0.2, -0.15) is 21.6 Å². The summed E-state index contributed by atoms with van der Waals surface area (Å²) in [5.41, 5.74) is -3.74. The zero-order valence-corrected chi connectivity index (χ0v) is 15.1. The van der Waals surface area contributed by atoms with Crippen molar-refractivity contribution in [1.29, 1.82) is 0 Å². The third-order valence-electron chi connectivity index (χ3n) is 4.88. The zero-order valence-electron chi connectivity index (χ0n) is 14.3. The summed E-state index contributed by atoms with van der Waals surface area (Å²) < 4.78 is 64.9. The van der Waals surface area contributed by atoms with Gasteiger partial charge in [0.25, 0.3) is 0 Å². The molecule has 0 fully saturated rings. The van der Waals surface area contributed by atoms with Crippen LogP contribution in [0.3, 0.4) is 0 Å². The van der Waals surface area contributed by atoms with E-state index in [1.165, 1.54) is 36.4 Å². The molecular formula is C19H13F3O5S. The third-order valence-corrected chi connectivity index (χ3v) is 5.86. The van der Waals surface area contributed by atoms with Gasteiger partial charge in [-0.25, -0.2) is 0 Å². The lowest BCUT2D eigenvalue weighted by Gasteiger charge is -2.24. The van der Waals surface area contributed by atoms with Crippen molar-refractivity contribution in [1.82, 2.24) is 0 Å². The van der Waals surface area contributed by atoms with Gasteiger partial charge in [0.1, 0.15) is 17.3 Å². The van der Waals surface area contributed by atoms with E-state index in [0.717, 1.165) is 11.6 Å². The number of aliphatic hydroxyl groups is 1. The lowest BCUT2D eigenvalue weighted by molar-refractivity contribution is -0.0500. The molecule has 5 nitrogen and oxygen atoms in total. The molecule has 1 spiro atoms. The maximum atomic E-state index is 12.6. The Morgan fingerprint density at radius 2 is 1.61 bits per heavy atom. The number of aliphatic hydroxyl groups excluding tert-OH is 1. The first-order chi connectivity index (χ1) is 12.9. The Balaban J connectivity index is 1.89. The van der Waals surface area contributed by atoms with E-state index in [9.17, 15) is 31.8 Å². The number of phenols is 1. The first kappa shape index (κ1) is 18.4. The molecule has 2 aromatic carbocycles. The number of alkyl halides is 3. The van der Waals surface area contributed by atoms with Gasteiger partial charge in [-0.3, -0.25) is 0 Å². The Kier molecular flexibility index (Phi) is 3.64. The van der Waals surface area contributed by atoms with E-state index in [-0.39, 0.29) is 11.5 Å². The number of benzene rings is 2. The SMILES string of the molecule is CC1=CC2(C=C(O)c3ccc(O)cc32)c2cc(OS(=O)(=O)C(F)(F)F)ccc21. The van der Waals surface area contributed by atoms with Crippen LogP contribution in [0.25, 0.3) is 11.3 Å². The third kappa shape index (κ3) is 2.50. The molecule has 146 valence electrons. The number of fused-ring (bicyclic) bond motifs is 4. The molecule has 0 saturated heterocycles. The van der Waals surface area contributed by atoms with Crippen LogP contribution >= 0.6 is 0 Å². The van der Waals surface area contributed by atoms with E-state index in [1.54, 1.807) is 13.0 Å². The summed E-state index contributed by atoms with van der Waals surface area (Å²) in [6, 6.07) is 8.19. The van der Waals surface area contributed by atoms with Crippen LogP contribution < -0.4 is 4.18 Å². The van der Waals surface area contributed by atoms with Crippen LogP contribution in [0.15, 0.2) is 48.6 Å². The van der Waals surface area contributed by atoms with Crippen LogP contribution in [0.4, 0.5) is 13.2 Å². The van der Waals surface area contributed by atoms with Crippen LogP contribution in [0, 0.1) is 0 Å². The summed E-state index contributed by atoms with van der Waals surface area (Å²) in [6.45, 7) is 1.78. The first-order valence-corrected chi connectivity index (χ1v) is 9.46. The van der Waals surface area contributed by atoms with Crippen molar-refractivity contribution in [3.8, 4) is 11.5 Å². The summed E-state index contributed by atoms with van der Waals surface area (Å²) in [7, 11) is -5.82. The number of hydrogen-bond acceptors (Lipinski definition) is 5. The number of halogens is 3. The van der Waals surface area contributed by atoms with E-state index in [4.69, 9.17) is 0 Å². The Bertz CT molecular complexity index is 1170. The lowest BCUT2D eigenvalue weighted by Crippen LogP contribution is -2.28. The highest BCUT2D eigenvalue weighted by Crippen LogP contribution is 2.53. The minimum atomic E-state index is -5.82. The molecule has 0 aliphatic heterocycles. The molecule has 0 saturated carbocycles. The van der Waals surface area contributed by atoms with Crippen molar-refractivity contribution in [3.05, 3.63) is 70.8 Å². The Labute approximate surface area is 158 Å². The molecule has 0 aromatic heterocycles. The Hall–Kier alpha value is -2.94. The molecule has 4 rings (SSSR count). The van der Waals surface area contributed by atoms with Gasteiger partial charge in [0.2, 0.25) is 0 Å². The average Bonchev–Trinajstić information content (AvgIpc) is 3.01. The first-order valence-electron chi connectivity index (χ1n) is 8.05. The standard InChI is InChI=1S/C19H13F3O5S/c1-10-8-18(9-17(24)14-4-2-11(23)6-15(14)18)16-7-12(3-5-13(10)16)27-28(25,26)19(20,21)22/h2-9,23-24H,1H3. The van der Waals surface area contributed by atoms with Gasteiger partial charge in [-0.05, 0) is 65.6 Å². The predicted octanol–water partition coefficient (Wildman–Crippen LogP) is 4.24. The van der Waals surface area contributed by atoms with Gasteiger partial charge < -0.3 is 14.4 Å². The molecule has 0 radical (unpaired) electrons. The number of hydrogen-bond donors (Lipinski definition) is 2. The second-order valence-electron chi connectivity index (χ2n) is 6.65. The molecule has 1 atom stereocenters.